The van der Waals surface area contributed by atoms with Gasteiger partial charge in [0.25, 0.3) is 0 Å². The summed E-state index contributed by atoms with van der Waals surface area (Å²) in [5.74, 6) is 0.800. The van der Waals surface area contributed by atoms with E-state index in [-0.39, 0.29) is 6.04 Å². The van der Waals surface area contributed by atoms with Crippen LogP contribution in [0.3, 0.4) is 0 Å². The van der Waals surface area contributed by atoms with Gasteiger partial charge >= 0.3 is 0 Å². The summed E-state index contributed by atoms with van der Waals surface area (Å²) in [6, 6.07) is 8.12. The first-order valence-electron chi connectivity index (χ1n) is 5.52. The average Bonchev–Trinajstić information content (AvgIpc) is 2.82. The van der Waals surface area contributed by atoms with Crippen LogP contribution in [0.1, 0.15) is 23.7 Å². The van der Waals surface area contributed by atoms with E-state index in [0.717, 1.165) is 24.5 Å². The van der Waals surface area contributed by atoms with Gasteiger partial charge in [-0.3, -0.25) is 4.98 Å². The van der Waals surface area contributed by atoms with Crippen molar-refractivity contribution < 1.29 is 0 Å². The Balaban J connectivity index is 2.07. The van der Waals surface area contributed by atoms with Crippen LogP contribution in [0.4, 0.5) is 5.82 Å². The van der Waals surface area contributed by atoms with E-state index in [0.29, 0.717) is 5.56 Å². The lowest BCUT2D eigenvalue weighted by molar-refractivity contribution is 0.471. The number of hydrogen-bond donors (Lipinski definition) is 1. The number of nitrogens with zero attached hydrogens (tertiary/aromatic N) is 4. The van der Waals surface area contributed by atoms with Gasteiger partial charge in [-0.25, -0.2) is 4.68 Å². The minimum Gasteiger partial charge on any atom is -0.369 e. The van der Waals surface area contributed by atoms with E-state index in [1.807, 2.05) is 22.9 Å². The Hall–Kier alpha value is -2.35. The molecule has 1 aliphatic heterocycles. The highest BCUT2D eigenvalue weighted by Gasteiger charge is 2.24. The smallest absolute Gasteiger partial charge is 0.143 e. The Morgan fingerprint density at radius 2 is 2.41 bits per heavy atom. The molecule has 17 heavy (non-hydrogen) atoms. The first kappa shape index (κ1) is 9.85. The quantitative estimate of drug-likeness (QED) is 0.799. The molecule has 0 aromatic carbocycles. The maximum atomic E-state index is 8.98. The molecule has 0 saturated heterocycles. The second-order valence-corrected chi connectivity index (χ2v) is 3.95. The van der Waals surface area contributed by atoms with E-state index in [9.17, 15) is 0 Å². The lowest BCUT2D eigenvalue weighted by atomic mass is 10.1. The van der Waals surface area contributed by atoms with Crippen LogP contribution in [-0.2, 0) is 0 Å². The molecule has 0 radical (unpaired) electrons. The maximum Gasteiger partial charge on any atom is 0.143 e. The molecule has 1 N–H and O–H groups in total. The Labute approximate surface area is 98.7 Å². The van der Waals surface area contributed by atoms with E-state index in [1.165, 1.54) is 0 Å². The SMILES string of the molecule is N#Cc1cnn2c1NCC[C@@H]2c1ccccn1. The first-order valence-corrected chi connectivity index (χ1v) is 5.52. The molecular formula is C12H11N5. The number of hydrogen-bond acceptors (Lipinski definition) is 4. The first-order chi connectivity index (χ1) is 8.40. The van der Waals surface area contributed by atoms with E-state index < -0.39 is 0 Å². The highest BCUT2D eigenvalue weighted by molar-refractivity contribution is 5.53. The van der Waals surface area contributed by atoms with Crippen molar-refractivity contribution in [3.63, 3.8) is 0 Å². The number of nitriles is 1. The van der Waals surface area contributed by atoms with Crippen molar-refractivity contribution in [2.45, 2.75) is 12.5 Å². The molecule has 0 saturated carbocycles. The molecule has 1 atom stereocenters. The topological polar surface area (TPSA) is 66.5 Å². The van der Waals surface area contributed by atoms with Crippen molar-refractivity contribution in [1.82, 2.24) is 14.8 Å². The fourth-order valence-corrected chi connectivity index (χ4v) is 2.15. The summed E-state index contributed by atoms with van der Waals surface area (Å²) >= 11 is 0. The van der Waals surface area contributed by atoms with E-state index in [4.69, 9.17) is 5.26 Å². The molecule has 2 aromatic heterocycles. The number of nitrogens with one attached hydrogen (secondary N) is 1. The van der Waals surface area contributed by atoms with Crippen LogP contribution >= 0.6 is 0 Å². The summed E-state index contributed by atoms with van der Waals surface area (Å²) in [5.41, 5.74) is 1.58. The molecule has 84 valence electrons. The van der Waals surface area contributed by atoms with Crippen LogP contribution in [0.15, 0.2) is 30.6 Å². The van der Waals surface area contributed by atoms with Gasteiger partial charge in [0.05, 0.1) is 17.9 Å². The van der Waals surface area contributed by atoms with Gasteiger partial charge in [0.15, 0.2) is 0 Å². The third-order valence-electron chi connectivity index (χ3n) is 2.95. The summed E-state index contributed by atoms with van der Waals surface area (Å²) in [6.45, 7) is 0.835. The largest absolute Gasteiger partial charge is 0.369 e. The molecule has 2 aromatic rings. The van der Waals surface area contributed by atoms with Crippen molar-refractivity contribution in [1.29, 1.82) is 5.26 Å². The molecule has 0 bridgehead atoms. The summed E-state index contributed by atoms with van der Waals surface area (Å²) in [6.07, 6.45) is 4.31. The molecule has 0 aliphatic carbocycles. The van der Waals surface area contributed by atoms with Crippen LogP contribution in [0.5, 0.6) is 0 Å². The highest BCUT2D eigenvalue weighted by Crippen LogP contribution is 2.29. The fourth-order valence-electron chi connectivity index (χ4n) is 2.15. The predicted octanol–water partition coefficient (Wildman–Crippen LogP) is 1.55. The number of fused-ring (bicyclic) bond motifs is 1. The second kappa shape index (κ2) is 3.91. The van der Waals surface area contributed by atoms with Gasteiger partial charge in [0.1, 0.15) is 17.5 Å². The van der Waals surface area contributed by atoms with Crippen molar-refractivity contribution in [2.75, 3.05) is 11.9 Å². The van der Waals surface area contributed by atoms with Crippen LogP contribution in [-0.4, -0.2) is 21.3 Å². The minimum atomic E-state index is 0.120. The maximum absolute atomic E-state index is 8.98. The van der Waals surface area contributed by atoms with Gasteiger partial charge in [-0.05, 0) is 18.6 Å². The van der Waals surface area contributed by atoms with Gasteiger partial charge in [-0.2, -0.15) is 10.4 Å². The van der Waals surface area contributed by atoms with Gasteiger partial charge in [0.2, 0.25) is 0 Å². The molecule has 3 heterocycles. The van der Waals surface area contributed by atoms with Gasteiger partial charge in [-0.15, -0.1) is 0 Å². The number of pyridine rings is 1. The zero-order valence-corrected chi connectivity index (χ0v) is 9.17. The summed E-state index contributed by atoms with van der Waals surface area (Å²) in [5, 5.41) is 16.5. The summed E-state index contributed by atoms with van der Waals surface area (Å²) < 4.78 is 1.85. The third kappa shape index (κ3) is 1.54. The third-order valence-corrected chi connectivity index (χ3v) is 2.95. The Kier molecular flexibility index (Phi) is 2.26. The molecule has 0 unspecified atom stereocenters. The molecule has 5 nitrogen and oxygen atoms in total. The lowest BCUT2D eigenvalue weighted by Crippen LogP contribution is -2.25. The Morgan fingerprint density at radius 1 is 1.47 bits per heavy atom. The van der Waals surface area contributed by atoms with Gasteiger partial charge in [0, 0.05) is 12.7 Å². The van der Waals surface area contributed by atoms with Crippen LogP contribution in [0, 0.1) is 11.3 Å². The van der Waals surface area contributed by atoms with Crippen molar-refractivity contribution in [2.24, 2.45) is 0 Å². The molecule has 0 amide bonds. The number of rotatable bonds is 1. The van der Waals surface area contributed by atoms with Crippen LogP contribution in [0.2, 0.25) is 0 Å². The molecule has 0 spiro atoms. The summed E-state index contributed by atoms with van der Waals surface area (Å²) in [4.78, 5) is 4.36. The lowest BCUT2D eigenvalue weighted by Gasteiger charge is -2.25. The molecule has 3 rings (SSSR count). The molecular weight excluding hydrogens is 214 g/mol. The zero-order chi connectivity index (χ0) is 11.7. The van der Waals surface area contributed by atoms with E-state index >= 15 is 0 Å². The van der Waals surface area contributed by atoms with Crippen molar-refractivity contribution in [3.8, 4) is 6.07 Å². The van der Waals surface area contributed by atoms with Gasteiger partial charge < -0.3 is 5.32 Å². The number of aromatic nitrogens is 3. The van der Waals surface area contributed by atoms with Crippen molar-refractivity contribution in [3.05, 3.63) is 41.9 Å². The molecule has 5 heteroatoms. The van der Waals surface area contributed by atoms with Crippen LogP contribution in [0.25, 0.3) is 0 Å². The zero-order valence-electron chi connectivity index (χ0n) is 9.17. The molecule has 1 aliphatic rings. The Bertz CT molecular complexity index is 566. The normalized spacial score (nSPS) is 17.9. The predicted molar refractivity (Wildman–Crippen MR) is 62.4 cm³/mol. The average molecular weight is 225 g/mol. The Morgan fingerprint density at radius 3 is 3.18 bits per heavy atom. The summed E-state index contributed by atoms with van der Waals surface area (Å²) in [7, 11) is 0. The molecule has 0 fully saturated rings. The minimum absolute atomic E-state index is 0.120. The second-order valence-electron chi connectivity index (χ2n) is 3.95. The van der Waals surface area contributed by atoms with Crippen LogP contribution < -0.4 is 5.32 Å². The number of anilines is 1. The highest BCUT2D eigenvalue weighted by atomic mass is 15.4. The van der Waals surface area contributed by atoms with Gasteiger partial charge in [-0.1, -0.05) is 6.07 Å². The van der Waals surface area contributed by atoms with Crippen molar-refractivity contribution >= 4 is 5.82 Å². The van der Waals surface area contributed by atoms with E-state index in [1.54, 1.807) is 12.4 Å². The standard InChI is InChI=1S/C12H11N5/c13-7-9-8-16-17-11(4-6-15-12(9)17)10-3-1-2-5-14-10/h1-3,5,8,11,15H,4,6H2/t11-/m1/s1. The fraction of sp³-hybridized carbons (Fsp3) is 0.250. The van der Waals surface area contributed by atoms with E-state index in [2.05, 4.69) is 21.5 Å². The monoisotopic (exact) mass is 225 g/mol.